The molecule has 0 unspecified atom stereocenters. The molecular weight excluding hydrogens is 136 g/mol. The molecule has 0 heterocycles. The molecule has 1 heteroatoms. The van der Waals surface area contributed by atoms with Crippen LogP contribution in [-0.4, -0.2) is 11.7 Å². The molecule has 64 valence electrons. The van der Waals surface area contributed by atoms with Crippen molar-refractivity contribution in [2.24, 2.45) is 5.41 Å². The lowest BCUT2D eigenvalue weighted by Gasteiger charge is -2.16. The van der Waals surface area contributed by atoms with Gasteiger partial charge >= 0.3 is 0 Å². The van der Waals surface area contributed by atoms with Crippen molar-refractivity contribution in [3.63, 3.8) is 0 Å². The van der Waals surface area contributed by atoms with E-state index in [2.05, 4.69) is 33.4 Å². The summed E-state index contributed by atoms with van der Waals surface area (Å²) in [5.74, 6) is 0. The minimum Gasteiger partial charge on any atom is -0.396 e. The summed E-state index contributed by atoms with van der Waals surface area (Å²) in [6.45, 7) is 8.74. The van der Waals surface area contributed by atoms with Crippen molar-refractivity contribution in [1.29, 1.82) is 0 Å². The van der Waals surface area contributed by atoms with Crippen LogP contribution in [0.3, 0.4) is 0 Å². The maximum Gasteiger partial charge on any atom is 0.0471 e. The van der Waals surface area contributed by atoms with Crippen molar-refractivity contribution in [2.75, 3.05) is 6.61 Å². The van der Waals surface area contributed by atoms with E-state index in [1.54, 1.807) is 0 Å². The fraction of sp³-hybridized carbons (Fsp3) is 0.700. The summed E-state index contributed by atoms with van der Waals surface area (Å²) in [4.78, 5) is 0. The maximum absolute atomic E-state index is 8.50. The van der Waals surface area contributed by atoms with Crippen LogP contribution in [0.25, 0.3) is 0 Å². The standard InChI is InChI=1S/C10H18O/c1-9(10(2,3)4)7-5-6-8-11/h5,11H,6,8H2,1-4H3. The van der Waals surface area contributed by atoms with E-state index in [-0.39, 0.29) is 12.0 Å². The number of hydrogen-bond acceptors (Lipinski definition) is 1. The van der Waals surface area contributed by atoms with Crippen molar-refractivity contribution >= 4 is 0 Å². The van der Waals surface area contributed by atoms with E-state index in [1.165, 1.54) is 5.57 Å². The van der Waals surface area contributed by atoms with E-state index < -0.39 is 0 Å². The van der Waals surface area contributed by atoms with Gasteiger partial charge in [0.05, 0.1) is 0 Å². The Morgan fingerprint density at radius 3 is 2.36 bits per heavy atom. The van der Waals surface area contributed by atoms with Gasteiger partial charge in [0, 0.05) is 6.61 Å². The zero-order chi connectivity index (χ0) is 8.91. The predicted molar refractivity (Wildman–Crippen MR) is 48.4 cm³/mol. The van der Waals surface area contributed by atoms with Gasteiger partial charge in [-0.25, -0.2) is 0 Å². The molecule has 0 aliphatic carbocycles. The number of aliphatic hydroxyl groups excluding tert-OH is 1. The lowest BCUT2D eigenvalue weighted by atomic mass is 9.88. The van der Waals surface area contributed by atoms with Gasteiger partial charge < -0.3 is 5.11 Å². The molecule has 0 aliphatic heterocycles. The highest BCUT2D eigenvalue weighted by atomic mass is 16.2. The van der Waals surface area contributed by atoms with Crippen molar-refractivity contribution in [3.05, 3.63) is 17.4 Å². The Labute approximate surface area is 69.4 Å². The number of hydrogen-bond donors (Lipinski definition) is 1. The first-order valence-corrected chi connectivity index (χ1v) is 4.01. The minimum atomic E-state index is 0.200. The quantitative estimate of drug-likeness (QED) is 0.606. The highest BCUT2D eigenvalue weighted by Crippen LogP contribution is 2.22. The van der Waals surface area contributed by atoms with E-state index in [4.69, 9.17) is 5.11 Å². The summed E-state index contributed by atoms with van der Waals surface area (Å²) in [6.07, 6.45) is 2.59. The molecule has 1 N–H and O–H groups in total. The van der Waals surface area contributed by atoms with Crippen LogP contribution in [0.1, 0.15) is 34.1 Å². The molecule has 0 aromatic heterocycles. The van der Waals surface area contributed by atoms with E-state index in [0.717, 1.165) is 0 Å². The molecule has 0 saturated heterocycles. The number of aliphatic hydroxyl groups is 1. The summed E-state index contributed by atoms with van der Waals surface area (Å²) < 4.78 is 0. The van der Waals surface area contributed by atoms with Crippen LogP contribution in [-0.2, 0) is 0 Å². The van der Waals surface area contributed by atoms with Crippen LogP contribution >= 0.6 is 0 Å². The molecule has 11 heavy (non-hydrogen) atoms. The average molecular weight is 154 g/mol. The molecule has 0 rings (SSSR count). The Kier molecular flexibility index (Phi) is 4.17. The summed E-state index contributed by atoms with van der Waals surface area (Å²) in [5.41, 5.74) is 4.58. The average Bonchev–Trinajstić information content (AvgIpc) is 1.86. The molecule has 0 aromatic rings. The van der Waals surface area contributed by atoms with Crippen LogP contribution in [0.4, 0.5) is 0 Å². The van der Waals surface area contributed by atoms with Crippen molar-refractivity contribution in [2.45, 2.75) is 34.1 Å². The van der Waals surface area contributed by atoms with Gasteiger partial charge in [-0.1, -0.05) is 20.8 Å². The largest absolute Gasteiger partial charge is 0.396 e. The Hall–Kier alpha value is -0.520. The van der Waals surface area contributed by atoms with E-state index >= 15 is 0 Å². The van der Waals surface area contributed by atoms with Crippen molar-refractivity contribution in [3.8, 4) is 0 Å². The summed E-state index contributed by atoms with van der Waals surface area (Å²) in [6, 6.07) is 0. The molecule has 1 nitrogen and oxygen atoms in total. The molecule has 0 radical (unpaired) electrons. The molecule has 0 bridgehead atoms. The van der Waals surface area contributed by atoms with Crippen molar-refractivity contribution < 1.29 is 5.11 Å². The minimum absolute atomic E-state index is 0.200. The molecule has 0 atom stereocenters. The maximum atomic E-state index is 8.50. The van der Waals surface area contributed by atoms with Gasteiger partial charge in [0.2, 0.25) is 0 Å². The van der Waals surface area contributed by atoms with Gasteiger partial charge in [-0.05, 0) is 30.4 Å². The predicted octanol–water partition coefficient (Wildman–Crippen LogP) is 2.52. The third-order valence-corrected chi connectivity index (χ3v) is 1.72. The van der Waals surface area contributed by atoms with Gasteiger partial charge in [0.1, 0.15) is 0 Å². The molecule has 0 saturated carbocycles. The lowest BCUT2D eigenvalue weighted by molar-refractivity contribution is 0.302. The first kappa shape index (κ1) is 10.5. The Morgan fingerprint density at radius 1 is 1.45 bits per heavy atom. The second kappa shape index (κ2) is 4.38. The number of rotatable bonds is 2. The molecular formula is C10H18O. The Balaban J connectivity index is 4.21. The molecule has 0 fully saturated rings. The van der Waals surface area contributed by atoms with Gasteiger partial charge in [0.15, 0.2) is 0 Å². The first-order valence-electron chi connectivity index (χ1n) is 4.01. The summed E-state index contributed by atoms with van der Waals surface area (Å²) in [7, 11) is 0. The smallest absolute Gasteiger partial charge is 0.0471 e. The van der Waals surface area contributed by atoms with Crippen LogP contribution in [0.15, 0.2) is 17.4 Å². The zero-order valence-corrected chi connectivity index (χ0v) is 7.94. The van der Waals surface area contributed by atoms with Gasteiger partial charge in [-0.3, -0.25) is 0 Å². The third-order valence-electron chi connectivity index (χ3n) is 1.72. The summed E-state index contributed by atoms with van der Waals surface area (Å²) in [5, 5.41) is 8.50. The molecule has 0 spiro atoms. The second-order valence-corrected chi connectivity index (χ2v) is 3.74. The summed E-state index contributed by atoms with van der Waals surface area (Å²) >= 11 is 0. The highest BCUT2D eigenvalue weighted by molar-refractivity contribution is 5.06. The van der Waals surface area contributed by atoms with Crippen LogP contribution in [0.5, 0.6) is 0 Å². The van der Waals surface area contributed by atoms with E-state index in [0.29, 0.717) is 6.42 Å². The monoisotopic (exact) mass is 154 g/mol. The Morgan fingerprint density at radius 2 is 2.00 bits per heavy atom. The lowest BCUT2D eigenvalue weighted by Crippen LogP contribution is -2.05. The molecule has 0 aromatic carbocycles. The fourth-order valence-corrected chi connectivity index (χ4v) is 0.506. The van der Waals surface area contributed by atoms with Crippen LogP contribution < -0.4 is 0 Å². The zero-order valence-electron chi connectivity index (χ0n) is 7.94. The topological polar surface area (TPSA) is 20.2 Å². The normalized spacial score (nSPS) is 10.6. The van der Waals surface area contributed by atoms with Gasteiger partial charge in [-0.15, -0.1) is 5.73 Å². The second-order valence-electron chi connectivity index (χ2n) is 3.74. The van der Waals surface area contributed by atoms with Crippen LogP contribution in [0, 0.1) is 5.41 Å². The fourth-order valence-electron chi connectivity index (χ4n) is 0.506. The van der Waals surface area contributed by atoms with E-state index in [1.807, 2.05) is 6.08 Å². The van der Waals surface area contributed by atoms with Gasteiger partial charge in [-0.2, -0.15) is 0 Å². The molecule has 0 aliphatic rings. The SMILES string of the molecule is CC(=C=CCCO)C(C)(C)C. The molecule has 0 amide bonds. The first-order chi connectivity index (χ1) is 4.98. The van der Waals surface area contributed by atoms with E-state index in [9.17, 15) is 0 Å². The van der Waals surface area contributed by atoms with Crippen LogP contribution in [0.2, 0.25) is 0 Å². The highest BCUT2D eigenvalue weighted by Gasteiger charge is 2.10. The Bertz CT molecular complexity index is 166. The third kappa shape index (κ3) is 4.83. The van der Waals surface area contributed by atoms with Gasteiger partial charge in [0.25, 0.3) is 0 Å². The van der Waals surface area contributed by atoms with Crippen molar-refractivity contribution in [1.82, 2.24) is 0 Å².